The minimum absolute atomic E-state index is 0.390. The summed E-state index contributed by atoms with van der Waals surface area (Å²) in [6, 6.07) is 6.26. The van der Waals surface area contributed by atoms with Crippen molar-refractivity contribution in [3.05, 3.63) is 23.8 Å². The van der Waals surface area contributed by atoms with E-state index in [-0.39, 0.29) is 0 Å². The zero-order valence-electron chi connectivity index (χ0n) is 12.2. The second-order valence-corrected chi connectivity index (χ2v) is 5.76. The van der Waals surface area contributed by atoms with Crippen LogP contribution in [0.15, 0.2) is 18.2 Å². The molecule has 1 aromatic rings. The number of benzene rings is 1. The highest BCUT2D eigenvalue weighted by Crippen LogP contribution is 2.35. The minimum atomic E-state index is 0.390. The van der Waals surface area contributed by atoms with Crippen molar-refractivity contribution in [2.45, 2.75) is 51.3 Å². The Morgan fingerprint density at radius 2 is 1.58 bits per heavy atom. The number of halogens is 1. The first-order valence-electron chi connectivity index (χ1n) is 7.26. The van der Waals surface area contributed by atoms with Crippen LogP contribution in [0.5, 0.6) is 11.5 Å². The average Bonchev–Trinajstić information content (AvgIpc) is 2.43. The topological polar surface area (TPSA) is 18.5 Å². The minimum Gasteiger partial charge on any atom is -0.490 e. The van der Waals surface area contributed by atoms with Crippen LogP contribution in [0.3, 0.4) is 0 Å². The Hall–Kier alpha value is -0.700. The van der Waals surface area contributed by atoms with Crippen molar-refractivity contribution < 1.29 is 9.47 Å². The van der Waals surface area contributed by atoms with Gasteiger partial charge in [0.05, 0.1) is 13.2 Å². The van der Waals surface area contributed by atoms with Crippen molar-refractivity contribution in [1.82, 2.24) is 0 Å². The third kappa shape index (κ3) is 5.43. The third-order valence-corrected chi connectivity index (χ3v) is 3.78. The fraction of sp³-hybridized carbons (Fsp3) is 0.625. The van der Waals surface area contributed by atoms with Gasteiger partial charge in [0, 0.05) is 4.83 Å². The maximum Gasteiger partial charge on any atom is 0.161 e. The van der Waals surface area contributed by atoms with Gasteiger partial charge in [-0.05, 0) is 37.0 Å². The van der Waals surface area contributed by atoms with E-state index in [2.05, 4.69) is 48.8 Å². The van der Waals surface area contributed by atoms with Gasteiger partial charge in [0.1, 0.15) is 0 Å². The zero-order chi connectivity index (χ0) is 14.1. The predicted octanol–water partition coefficient (Wildman–Crippen LogP) is 5.50. The van der Waals surface area contributed by atoms with Crippen LogP contribution in [0, 0.1) is 0 Å². The molecular formula is C16H25BrO2. The fourth-order valence-corrected chi connectivity index (χ4v) is 2.54. The Morgan fingerprint density at radius 3 is 2.16 bits per heavy atom. The highest BCUT2D eigenvalue weighted by Gasteiger charge is 2.11. The Morgan fingerprint density at radius 1 is 0.947 bits per heavy atom. The predicted molar refractivity (Wildman–Crippen MR) is 84.6 cm³/mol. The number of hydrogen-bond donors (Lipinski definition) is 0. The molecule has 1 aromatic carbocycles. The molecule has 0 aliphatic heterocycles. The van der Waals surface area contributed by atoms with E-state index >= 15 is 0 Å². The Kier molecular flexibility index (Phi) is 7.96. The van der Waals surface area contributed by atoms with Gasteiger partial charge in [-0.3, -0.25) is 0 Å². The average molecular weight is 329 g/mol. The Bertz CT molecular complexity index is 366. The van der Waals surface area contributed by atoms with Crippen LogP contribution in [0.1, 0.15) is 56.8 Å². The van der Waals surface area contributed by atoms with Gasteiger partial charge < -0.3 is 9.47 Å². The number of alkyl halides is 1. The van der Waals surface area contributed by atoms with Crippen LogP contribution in [0.2, 0.25) is 0 Å². The van der Waals surface area contributed by atoms with Crippen molar-refractivity contribution in [1.29, 1.82) is 0 Å². The molecule has 2 nitrogen and oxygen atoms in total. The van der Waals surface area contributed by atoms with Gasteiger partial charge in [-0.1, -0.05) is 49.2 Å². The SMILES string of the molecule is CCCOc1ccc(C(Br)CCC)cc1OCCC. The van der Waals surface area contributed by atoms with E-state index in [0.29, 0.717) is 4.83 Å². The molecule has 1 unspecified atom stereocenters. The molecular weight excluding hydrogens is 304 g/mol. The second-order valence-electron chi connectivity index (χ2n) is 4.66. The summed E-state index contributed by atoms with van der Waals surface area (Å²) in [5, 5.41) is 0. The summed E-state index contributed by atoms with van der Waals surface area (Å²) in [6.45, 7) is 7.88. The van der Waals surface area contributed by atoms with Crippen molar-refractivity contribution in [3.63, 3.8) is 0 Å². The van der Waals surface area contributed by atoms with Gasteiger partial charge in [0.25, 0.3) is 0 Å². The van der Waals surface area contributed by atoms with E-state index in [9.17, 15) is 0 Å². The number of ether oxygens (including phenoxy) is 2. The third-order valence-electron chi connectivity index (χ3n) is 2.79. The lowest BCUT2D eigenvalue weighted by Gasteiger charge is -2.15. The lowest BCUT2D eigenvalue weighted by molar-refractivity contribution is 0.268. The molecule has 0 heterocycles. The summed E-state index contributed by atoms with van der Waals surface area (Å²) in [6.07, 6.45) is 4.30. The van der Waals surface area contributed by atoms with Crippen molar-refractivity contribution in [2.75, 3.05) is 13.2 Å². The summed E-state index contributed by atoms with van der Waals surface area (Å²) >= 11 is 3.73. The van der Waals surface area contributed by atoms with E-state index in [0.717, 1.165) is 50.4 Å². The second kappa shape index (κ2) is 9.24. The molecule has 0 aliphatic carbocycles. The molecule has 0 radical (unpaired) electrons. The summed E-state index contributed by atoms with van der Waals surface area (Å²) in [5.41, 5.74) is 1.26. The van der Waals surface area contributed by atoms with Gasteiger partial charge in [-0.2, -0.15) is 0 Å². The molecule has 0 aromatic heterocycles. The molecule has 0 N–H and O–H groups in total. The standard InChI is InChI=1S/C16H25BrO2/c1-4-7-14(17)13-8-9-15(18-10-5-2)16(12-13)19-11-6-3/h8-9,12,14H,4-7,10-11H2,1-3H3. The van der Waals surface area contributed by atoms with Gasteiger partial charge in [0.2, 0.25) is 0 Å². The zero-order valence-corrected chi connectivity index (χ0v) is 13.8. The molecule has 19 heavy (non-hydrogen) atoms. The molecule has 0 fully saturated rings. The number of hydrogen-bond acceptors (Lipinski definition) is 2. The van der Waals surface area contributed by atoms with Crippen molar-refractivity contribution in [3.8, 4) is 11.5 Å². The molecule has 3 heteroatoms. The van der Waals surface area contributed by atoms with E-state index in [1.54, 1.807) is 0 Å². The molecule has 0 aliphatic rings. The van der Waals surface area contributed by atoms with E-state index in [1.807, 2.05) is 6.07 Å². The first-order valence-corrected chi connectivity index (χ1v) is 8.18. The first kappa shape index (κ1) is 16.4. The molecule has 1 atom stereocenters. The van der Waals surface area contributed by atoms with Crippen LogP contribution in [0.4, 0.5) is 0 Å². The monoisotopic (exact) mass is 328 g/mol. The molecule has 108 valence electrons. The van der Waals surface area contributed by atoms with Crippen LogP contribution in [0.25, 0.3) is 0 Å². The normalized spacial score (nSPS) is 12.2. The van der Waals surface area contributed by atoms with Crippen molar-refractivity contribution in [2.24, 2.45) is 0 Å². The van der Waals surface area contributed by atoms with Gasteiger partial charge >= 0.3 is 0 Å². The first-order chi connectivity index (χ1) is 9.22. The molecule has 0 saturated carbocycles. The highest BCUT2D eigenvalue weighted by atomic mass is 79.9. The summed E-state index contributed by atoms with van der Waals surface area (Å²) in [4.78, 5) is 0.390. The maximum absolute atomic E-state index is 5.81. The molecule has 0 spiro atoms. The smallest absolute Gasteiger partial charge is 0.161 e. The fourth-order valence-electron chi connectivity index (χ4n) is 1.80. The van der Waals surface area contributed by atoms with E-state index < -0.39 is 0 Å². The Balaban J connectivity index is 2.86. The van der Waals surface area contributed by atoms with Gasteiger partial charge in [0.15, 0.2) is 11.5 Å². The van der Waals surface area contributed by atoms with Crippen LogP contribution in [-0.2, 0) is 0 Å². The lowest BCUT2D eigenvalue weighted by atomic mass is 10.1. The highest BCUT2D eigenvalue weighted by molar-refractivity contribution is 9.09. The largest absolute Gasteiger partial charge is 0.490 e. The van der Waals surface area contributed by atoms with Crippen LogP contribution >= 0.6 is 15.9 Å². The van der Waals surface area contributed by atoms with Gasteiger partial charge in [-0.15, -0.1) is 0 Å². The molecule has 0 bridgehead atoms. The summed E-state index contributed by atoms with van der Waals surface area (Å²) < 4.78 is 11.5. The van der Waals surface area contributed by atoms with Crippen LogP contribution < -0.4 is 9.47 Å². The maximum atomic E-state index is 5.81. The molecule has 0 amide bonds. The van der Waals surface area contributed by atoms with E-state index in [4.69, 9.17) is 9.47 Å². The lowest BCUT2D eigenvalue weighted by Crippen LogP contribution is -2.02. The molecule has 0 saturated heterocycles. The molecule has 1 rings (SSSR count). The summed E-state index contributed by atoms with van der Waals surface area (Å²) in [5.74, 6) is 1.73. The summed E-state index contributed by atoms with van der Waals surface area (Å²) in [7, 11) is 0. The number of rotatable bonds is 9. The van der Waals surface area contributed by atoms with Crippen molar-refractivity contribution >= 4 is 15.9 Å². The quantitative estimate of drug-likeness (QED) is 0.557. The van der Waals surface area contributed by atoms with Gasteiger partial charge in [-0.25, -0.2) is 0 Å². The Labute approximate surface area is 125 Å². The van der Waals surface area contributed by atoms with E-state index in [1.165, 1.54) is 5.56 Å². The van der Waals surface area contributed by atoms with Crippen LogP contribution in [-0.4, -0.2) is 13.2 Å².